The predicted molar refractivity (Wildman–Crippen MR) is 74.9 cm³/mol. The lowest BCUT2D eigenvalue weighted by Gasteiger charge is -2.24. The van der Waals surface area contributed by atoms with Crippen LogP contribution < -0.4 is 0 Å². The lowest BCUT2D eigenvalue weighted by atomic mass is 10.0. The van der Waals surface area contributed by atoms with E-state index in [4.69, 9.17) is 0 Å². The van der Waals surface area contributed by atoms with Crippen molar-refractivity contribution in [2.45, 2.75) is 72.6 Å². The first-order valence-corrected chi connectivity index (χ1v) is 7.46. The van der Waals surface area contributed by atoms with Crippen LogP contribution in [0.15, 0.2) is 0 Å². The lowest BCUT2D eigenvalue weighted by molar-refractivity contribution is 0.230. The van der Waals surface area contributed by atoms with Gasteiger partial charge in [0.1, 0.15) is 0 Å². The summed E-state index contributed by atoms with van der Waals surface area (Å²) >= 11 is 0. The summed E-state index contributed by atoms with van der Waals surface area (Å²) in [5.74, 6) is 0.884. The summed E-state index contributed by atoms with van der Waals surface area (Å²) in [7, 11) is 0. The molecule has 98 valence electrons. The highest BCUT2D eigenvalue weighted by molar-refractivity contribution is 4.62. The molecule has 0 rings (SSSR count). The number of hydrogen-bond acceptors (Lipinski definition) is 1. The van der Waals surface area contributed by atoms with Crippen LogP contribution in [0, 0.1) is 5.92 Å². The number of unbranched alkanes of at least 4 members (excludes halogenated alkanes) is 3. The van der Waals surface area contributed by atoms with Gasteiger partial charge in [0.05, 0.1) is 0 Å². The highest BCUT2D eigenvalue weighted by Gasteiger charge is 2.08. The van der Waals surface area contributed by atoms with Gasteiger partial charge in [0.15, 0.2) is 0 Å². The molecule has 1 heteroatoms. The summed E-state index contributed by atoms with van der Waals surface area (Å²) in [4.78, 5) is 2.64. The van der Waals surface area contributed by atoms with E-state index in [9.17, 15) is 0 Å². The normalized spacial score (nSPS) is 13.3. The van der Waals surface area contributed by atoms with Gasteiger partial charge in [-0.15, -0.1) is 0 Å². The second kappa shape index (κ2) is 11.4. The Morgan fingerprint density at radius 3 is 1.94 bits per heavy atom. The Hall–Kier alpha value is -0.0400. The minimum atomic E-state index is 0.884. The first-order chi connectivity index (χ1) is 7.74. The van der Waals surface area contributed by atoms with Crippen LogP contribution in [0.4, 0.5) is 0 Å². The van der Waals surface area contributed by atoms with E-state index in [1.165, 1.54) is 64.6 Å². The minimum Gasteiger partial charge on any atom is -0.303 e. The van der Waals surface area contributed by atoms with Gasteiger partial charge < -0.3 is 4.90 Å². The Balaban J connectivity index is 3.59. The Bertz CT molecular complexity index is 127. The molecule has 0 aromatic heterocycles. The van der Waals surface area contributed by atoms with E-state index >= 15 is 0 Å². The van der Waals surface area contributed by atoms with Crippen molar-refractivity contribution >= 4 is 0 Å². The van der Waals surface area contributed by atoms with Crippen molar-refractivity contribution in [2.24, 2.45) is 5.92 Å². The van der Waals surface area contributed by atoms with E-state index < -0.39 is 0 Å². The molecule has 0 saturated heterocycles. The molecule has 0 bridgehead atoms. The number of hydrogen-bond donors (Lipinski definition) is 0. The first kappa shape index (κ1) is 16.0. The fraction of sp³-hybridized carbons (Fsp3) is 1.00. The molecular formula is C15H33N. The first-order valence-electron chi connectivity index (χ1n) is 7.46. The number of nitrogens with zero attached hydrogens (tertiary/aromatic N) is 1. The molecule has 0 aromatic carbocycles. The Kier molecular flexibility index (Phi) is 11.4. The fourth-order valence-electron chi connectivity index (χ4n) is 2.38. The van der Waals surface area contributed by atoms with E-state index in [1.807, 2.05) is 0 Å². The highest BCUT2D eigenvalue weighted by Crippen LogP contribution is 2.12. The smallest absolute Gasteiger partial charge is 0.000701 e. The van der Waals surface area contributed by atoms with Crippen LogP contribution in [0.1, 0.15) is 72.6 Å². The third kappa shape index (κ3) is 9.21. The maximum absolute atomic E-state index is 2.64. The molecule has 1 unspecified atom stereocenters. The molecule has 0 N–H and O–H groups in total. The van der Waals surface area contributed by atoms with Gasteiger partial charge in [-0.05, 0) is 38.3 Å². The van der Waals surface area contributed by atoms with Crippen molar-refractivity contribution in [2.75, 3.05) is 19.6 Å². The molecule has 1 nitrogen and oxygen atoms in total. The molecular weight excluding hydrogens is 194 g/mol. The molecule has 0 aliphatic heterocycles. The van der Waals surface area contributed by atoms with Gasteiger partial charge in [-0.25, -0.2) is 0 Å². The topological polar surface area (TPSA) is 3.24 Å². The summed E-state index contributed by atoms with van der Waals surface area (Å²) in [5, 5.41) is 0. The Morgan fingerprint density at radius 1 is 0.812 bits per heavy atom. The molecule has 0 heterocycles. The van der Waals surface area contributed by atoms with Gasteiger partial charge in [0.25, 0.3) is 0 Å². The van der Waals surface area contributed by atoms with Gasteiger partial charge in [0, 0.05) is 6.54 Å². The standard InChI is InChI=1S/C15H33N/c1-5-8-9-10-11-15(4)14-16(12-6-2)13-7-3/h15H,5-14H2,1-4H3. The maximum Gasteiger partial charge on any atom is 0.000701 e. The second-order valence-corrected chi connectivity index (χ2v) is 5.26. The quantitative estimate of drug-likeness (QED) is 0.462. The van der Waals surface area contributed by atoms with Crippen molar-refractivity contribution in [3.8, 4) is 0 Å². The summed E-state index contributed by atoms with van der Waals surface area (Å²) in [6.45, 7) is 13.2. The third-order valence-corrected chi connectivity index (χ3v) is 3.20. The second-order valence-electron chi connectivity index (χ2n) is 5.26. The molecule has 0 aliphatic rings. The molecule has 0 radical (unpaired) electrons. The number of rotatable bonds is 11. The van der Waals surface area contributed by atoms with Crippen molar-refractivity contribution in [1.29, 1.82) is 0 Å². The molecule has 0 aliphatic carbocycles. The minimum absolute atomic E-state index is 0.884. The zero-order valence-corrected chi connectivity index (χ0v) is 12.1. The van der Waals surface area contributed by atoms with Gasteiger partial charge in [-0.3, -0.25) is 0 Å². The van der Waals surface area contributed by atoms with Gasteiger partial charge in [-0.2, -0.15) is 0 Å². The van der Waals surface area contributed by atoms with Crippen molar-refractivity contribution < 1.29 is 0 Å². The summed E-state index contributed by atoms with van der Waals surface area (Å²) in [6.07, 6.45) is 9.64. The van der Waals surface area contributed by atoms with E-state index in [0.717, 1.165) is 5.92 Å². The molecule has 0 spiro atoms. The van der Waals surface area contributed by atoms with Gasteiger partial charge in [-0.1, -0.05) is 53.4 Å². The average molecular weight is 227 g/mol. The Labute approximate surface area is 104 Å². The molecule has 1 atom stereocenters. The van der Waals surface area contributed by atoms with Crippen molar-refractivity contribution in [1.82, 2.24) is 4.90 Å². The maximum atomic E-state index is 2.64. The van der Waals surface area contributed by atoms with Crippen molar-refractivity contribution in [3.63, 3.8) is 0 Å². The molecule has 0 fully saturated rings. The van der Waals surface area contributed by atoms with Gasteiger partial charge >= 0.3 is 0 Å². The third-order valence-electron chi connectivity index (χ3n) is 3.20. The van der Waals surface area contributed by atoms with Crippen LogP contribution in [0.5, 0.6) is 0 Å². The molecule has 0 aromatic rings. The average Bonchev–Trinajstić information content (AvgIpc) is 2.25. The molecule has 16 heavy (non-hydrogen) atoms. The van der Waals surface area contributed by atoms with Crippen LogP contribution in [0.2, 0.25) is 0 Å². The van der Waals surface area contributed by atoms with E-state index in [-0.39, 0.29) is 0 Å². The summed E-state index contributed by atoms with van der Waals surface area (Å²) in [6, 6.07) is 0. The van der Waals surface area contributed by atoms with Gasteiger partial charge in [0.2, 0.25) is 0 Å². The van der Waals surface area contributed by atoms with Crippen LogP contribution in [0.25, 0.3) is 0 Å². The van der Waals surface area contributed by atoms with E-state index in [2.05, 4.69) is 32.6 Å². The zero-order chi connectivity index (χ0) is 12.2. The molecule has 0 amide bonds. The highest BCUT2D eigenvalue weighted by atomic mass is 15.1. The van der Waals surface area contributed by atoms with Crippen LogP contribution in [-0.2, 0) is 0 Å². The summed E-state index contributed by atoms with van der Waals surface area (Å²) < 4.78 is 0. The SMILES string of the molecule is CCCCCCC(C)CN(CCC)CCC. The van der Waals surface area contributed by atoms with E-state index in [0.29, 0.717) is 0 Å². The largest absolute Gasteiger partial charge is 0.303 e. The Morgan fingerprint density at radius 2 is 1.44 bits per heavy atom. The lowest BCUT2D eigenvalue weighted by Crippen LogP contribution is -2.30. The summed E-state index contributed by atoms with van der Waals surface area (Å²) in [5.41, 5.74) is 0. The van der Waals surface area contributed by atoms with E-state index in [1.54, 1.807) is 0 Å². The van der Waals surface area contributed by atoms with Crippen LogP contribution >= 0.6 is 0 Å². The predicted octanol–water partition coefficient (Wildman–Crippen LogP) is 4.71. The fourth-order valence-corrected chi connectivity index (χ4v) is 2.38. The zero-order valence-electron chi connectivity index (χ0n) is 12.1. The van der Waals surface area contributed by atoms with Crippen molar-refractivity contribution in [3.05, 3.63) is 0 Å². The monoisotopic (exact) mass is 227 g/mol. The van der Waals surface area contributed by atoms with Crippen LogP contribution in [0.3, 0.4) is 0 Å². The molecule has 0 saturated carbocycles. The van der Waals surface area contributed by atoms with Crippen LogP contribution in [-0.4, -0.2) is 24.5 Å².